The highest BCUT2D eigenvalue weighted by Gasteiger charge is 2.33. The summed E-state index contributed by atoms with van der Waals surface area (Å²) in [6.07, 6.45) is 4.20. The molecular weight excluding hydrogens is 216 g/mol. The van der Waals surface area contributed by atoms with Gasteiger partial charge in [-0.25, -0.2) is 4.79 Å². The molecule has 92 valence electrons. The Bertz CT molecular complexity index is 423. The molecule has 1 aromatic carbocycles. The Morgan fingerprint density at radius 2 is 2.12 bits per heavy atom. The number of carbonyl (C=O) groups is 1. The van der Waals surface area contributed by atoms with Crippen molar-refractivity contribution in [3.8, 4) is 5.75 Å². The zero-order valence-corrected chi connectivity index (χ0v) is 10.4. The van der Waals surface area contributed by atoms with Crippen LogP contribution in [0.5, 0.6) is 5.75 Å². The van der Waals surface area contributed by atoms with E-state index in [4.69, 9.17) is 4.74 Å². The summed E-state index contributed by atoms with van der Waals surface area (Å²) in [6.45, 7) is 5.29. The fraction of sp³-hybridized carbons (Fsp3) is 0.357. The van der Waals surface area contributed by atoms with Crippen molar-refractivity contribution in [1.29, 1.82) is 0 Å². The van der Waals surface area contributed by atoms with Gasteiger partial charge in [0.15, 0.2) is 0 Å². The Balaban J connectivity index is 3.05. The van der Waals surface area contributed by atoms with Gasteiger partial charge in [-0.15, -0.1) is 0 Å². The molecule has 0 radical (unpaired) electrons. The smallest absolute Gasteiger partial charge is 0.347 e. The van der Waals surface area contributed by atoms with Gasteiger partial charge in [0, 0.05) is 5.56 Å². The van der Waals surface area contributed by atoms with Crippen LogP contribution in [0.4, 0.5) is 0 Å². The van der Waals surface area contributed by atoms with Crippen molar-refractivity contribution in [2.75, 3.05) is 0 Å². The van der Waals surface area contributed by atoms with Crippen LogP contribution in [0.1, 0.15) is 32.8 Å². The molecule has 0 spiro atoms. The zero-order chi connectivity index (χ0) is 12.9. The maximum absolute atomic E-state index is 11.2. The molecular formula is C14H18O3. The van der Waals surface area contributed by atoms with Gasteiger partial charge < -0.3 is 9.84 Å². The molecule has 0 bridgehead atoms. The van der Waals surface area contributed by atoms with Crippen LogP contribution in [0.3, 0.4) is 0 Å². The first-order chi connectivity index (χ1) is 8.03. The summed E-state index contributed by atoms with van der Waals surface area (Å²) < 4.78 is 5.65. The molecule has 17 heavy (non-hydrogen) atoms. The molecule has 1 N–H and O–H groups in total. The number of allylic oxidation sites excluding steroid dienone is 1. The predicted molar refractivity (Wildman–Crippen MR) is 68.1 cm³/mol. The summed E-state index contributed by atoms with van der Waals surface area (Å²) in [6, 6.07) is 7.41. The van der Waals surface area contributed by atoms with Gasteiger partial charge in [0.25, 0.3) is 0 Å². The summed E-state index contributed by atoms with van der Waals surface area (Å²) in [5.41, 5.74) is -0.298. The summed E-state index contributed by atoms with van der Waals surface area (Å²) >= 11 is 0. The highest BCUT2D eigenvalue weighted by atomic mass is 16.5. The number of benzene rings is 1. The molecule has 1 atom stereocenters. The van der Waals surface area contributed by atoms with E-state index in [0.717, 1.165) is 5.56 Å². The van der Waals surface area contributed by atoms with Gasteiger partial charge >= 0.3 is 5.97 Å². The number of hydrogen-bond acceptors (Lipinski definition) is 2. The van der Waals surface area contributed by atoms with Gasteiger partial charge in [-0.05, 0) is 26.3 Å². The van der Waals surface area contributed by atoms with Crippen LogP contribution >= 0.6 is 0 Å². The zero-order valence-electron chi connectivity index (χ0n) is 10.4. The Morgan fingerprint density at radius 3 is 2.65 bits per heavy atom. The minimum atomic E-state index is -1.18. The third kappa shape index (κ3) is 3.09. The third-order valence-corrected chi connectivity index (χ3v) is 2.73. The Morgan fingerprint density at radius 1 is 1.47 bits per heavy atom. The quantitative estimate of drug-likeness (QED) is 0.849. The molecule has 0 aliphatic heterocycles. The molecule has 0 aromatic heterocycles. The molecule has 3 nitrogen and oxygen atoms in total. The minimum Gasteiger partial charge on any atom is -0.478 e. The van der Waals surface area contributed by atoms with Crippen molar-refractivity contribution in [2.24, 2.45) is 0 Å². The summed E-state index contributed by atoms with van der Waals surface area (Å²) in [4.78, 5) is 11.2. The first kappa shape index (κ1) is 13.3. The lowest BCUT2D eigenvalue weighted by Crippen LogP contribution is -2.40. The van der Waals surface area contributed by atoms with Gasteiger partial charge in [-0.3, -0.25) is 0 Å². The number of aliphatic carboxylic acids is 1. The fourth-order valence-corrected chi connectivity index (χ4v) is 1.40. The summed E-state index contributed by atoms with van der Waals surface area (Å²) in [7, 11) is 0. The lowest BCUT2D eigenvalue weighted by molar-refractivity contribution is -0.154. The lowest BCUT2D eigenvalue weighted by atomic mass is 10.0. The van der Waals surface area contributed by atoms with Crippen LogP contribution in [-0.2, 0) is 4.79 Å². The van der Waals surface area contributed by atoms with Crippen molar-refractivity contribution < 1.29 is 14.6 Å². The van der Waals surface area contributed by atoms with Crippen molar-refractivity contribution in [3.05, 3.63) is 35.9 Å². The van der Waals surface area contributed by atoms with Crippen molar-refractivity contribution >= 4 is 12.0 Å². The first-order valence-corrected chi connectivity index (χ1v) is 5.67. The predicted octanol–water partition coefficient (Wildman–Crippen LogP) is 3.35. The van der Waals surface area contributed by atoms with Crippen LogP contribution in [0.2, 0.25) is 0 Å². The highest BCUT2D eigenvalue weighted by molar-refractivity contribution is 5.77. The van der Waals surface area contributed by atoms with Crippen LogP contribution in [0.15, 0.2) is 30.3 Å². The first-order valence-electron chi connectivity index (χ1n) is 5.67. The lowest BCUT2D eigenvalue weighted by Gasteiger charge is -2.25. The van der Waals surface area contributed by atoms with E-state index >= 15 is 0 Å². The Labute approximate surface area is 102 Å². The molecule has 1 rings (SSSR count). The highest BCUT2D eigenvalue weighted by Crippen LogP contribution is 2.26. The summed E-state index contributed by atoms with van der Waals surface area (Å²) in [5.74, 6) is -0.354. The van der Waals surface area contributed by atoms with Crippen molar-refractivity contribution in [1.82, 2.24) is 0 Å². The second-order valence-corrected chi connectivity index (χ2v) is 4.03. The third-order valence-electron chi connectivity index (χ3n) is 2.73. The standard InChI is InChI=1S/C14H18O3/c1-4-8-11-9-6-7-10-12(11)17-14(3,5-2)13(15)16/h4,6-10H,5H2,1-3H3,(H,15,16)/b8-4+. The monoisotopic (exact) mass is 234 g/mol. The maximum Gasteiger partial charge on any atom is 0.347 e. The van der Waals surface area contributed by atoms with E-state index in [1.165, 1.54) is 0 Å². The van der Waals surface area contributed by atoms with Crippen LogP contribution < -0.4 is 4.74 Å². The average molecular weight is 234 g/mol. The molecule has 0 fully saturated rings. The van der Waals surface area contributed by atoms with Gasteiger partial charge in [-0.2, -0.15) is 0 Å². The number of para-hydroxylation sites is 1. The largest absolute Gasteiger partial charge is 0.478 e. The molecule has 0 saturated carbocycles. The van der Waals surface area contributed by atoms with E-state index in [-0.39, 0.29) is 0 Å². The number of ether oxygens (including phenoxy) is 1. The minimum absolute atomic E-state index is 0.409. The Kier molecular flexibility index (Phi) is 4.32. The molecule has 0 aliphatic rings. The molecule has 0 aliphatic carbocycles. The van der Waals surface area contributed by atoms with Gasteiger partial charge in [-0.1, -0.05) is 37.3 Å². The normalized spacial score (nSPS) is 14.5. The van der Waals surface area contributed by atoms with Gasteiger partial charge in [0.05, 0.1) is 0 Å². The molecule has 0 amide bonds. The second kappa shape index (κ2) is 5.53. The maximum atomic E-state index is 11.2. The van der Waals surface area contributed by atoms with E-state index in [1.807, 2.05) is 37.3 Å². The SMILES string of the molecule is C/C=C/c1ccccc1OC(C)(CC)C(=O)O. The van der Waals surface area contributed by atoms with E-state index in [9.17, 15) is 9.90 Å². The number of carboxylic acid groups (broad SMARTS) is 1. The van der Waals surface area contributed by atoms with E-state index < -0.39 is 11.6 Å². The topological polar surface area (TPSA) is 46.5 Å². The van der Waals surface area contributed by atoms with E-state index in [1.54, 1.807) is 19.9 Å². The summed E-state index contributed by atoms with van der Waals surface area (Å²) in [5, 5.41) is 9.17. The average Bonchev–Trinajstić information content (AvgIpc) is 2.31. The molecule has 1 unspecified atom stereocenters. The number of carboxylic acids is 1. The van der Waals surface area contributed by atoms with Crippen LogP contribution in [0, 0.1) is 0 Å². The van der Waals surface area contributed by atoms with Gasteiger partial charge in [0.2, 0.25) is 5.60 Å². The van der Waals surface area contributed by atoms with Crippen LogP contribution in [0.25, 0.3) is 6.08 Å². The fourth-order valence-electron chi connectivity index (χ4n) is 1.40. The molecule has 1 aromatic rings. The second-order valence-electron chi connectivity index (χ2n) is 4.03. The molecule has 3 heteroatoms. The van der Waals surface area contributed by atoms with Gasteiger partial charge in [0.1, 0.15) is 5.75 Å². The van der Waals surface area contributed by atoms with Crippen LogP contribution in [-0.4, -0.2) is 16.7 Å². The van der Waals surface area contributed by atoms with E-state index in [0.29, 0.717) is 12.2 Å². The van der Waals surface area contributed by atoms with Crippen molar-refractivity contribution in [2.45, 2.75) is 32.8 Å². The molecule has 0 heterocycles. The Hall–Kier alpha value is -1.77. The number of hydrogen-bond donors (Lipinski definition) is 1. The van der Waals surface area contributed by atoms with Crippen molar-refractivity contribution in [3.63, 3.8) is 0 Å². The number of rotatable bonds is 5. The molecule has 0 saturated heterocycles. The van der Waals surface area contributed by atoms with E-state index in [2.05, 4.69) is 0 Å².